The van der Waals surface area contributed by atoms with E-state index < -0.39 is 0 Å². The average Bonchev–Trinajstić information content (AvgIpc) is 3.17. The molecule has 8 nitrogen and oxygen atoms in total. The van der Waals surface area contributed by atoms with E-state index in [1.54, 1.807) is 29.3 Å². The summed E-state index contributed by atoms with van der Waals surface area (Å²) in [4.78, 5) is 22.7. The third kappa shape index (κ3) is 3.81. The van der Waals surface area contributed by atoms with Crippen LogP contribution in [0.3, 0.4) is 0 Å². The Kier molecular flexibility index (Phi) is 4.82. The lowest BCUT2D eigenvalue weighted by atomic mass is 10.1. The summed E-state index contributed by atoms with van der Waals surface area (Å²) in [7, 11) is 0. The number of para-hydroxylation sites is 1. The number of rotatable bonds is 5. The van der Waals surface area contributed by atoms with Crippen LogP contribution in [0.1, 0.15) is 12.8 Å². The maximum atomic E-state index is 13.7. The average molecular weight is 369 g/mol. The van der Waals surface area contributed by atoms with Crippen molar-refractivity contribution in [1.82, 2.24) is 25.1 Å². The van der Waals surface area contributed by atoms with E-state index in [0.717, 1.165) is 18.2 Å². The Morgan fingerprint density at radius 1 is 1.33 bits per heavy atom. The van der Waals surface area contributed by atoms with Crippen molar-refractivity contribution in [3.05, 3.63) is 42.6 Å². The van der Waals surface area contributed by atoms with Gasteiger partial charge in [-0.25, -0.2) is 14.4 Å². The van der Waals surface area contributed by atoms with Gasteiger partial charge in [-0.2, -0.15) is 5.10 Å². The SMILES string of the molecule is O=C(CNc1ccccc1F)N1CCC[C@H](Nc2ncnc3[nH]ncc23)C1. The first-order chi connectivity index (χ1) is 13.2. The van der Waals surface area contributed by atoms with E-state index in [-0.39, 0.29) is 24.3 Å². The van der Waals surface area contributed by atoms with Gasteiger partial charge in [0, 0.05) is 19.1 Å². The smallest absolute Gasteiger partial charge is 0.241 e. The number of carbonyl (C=O) groups is 1. The van der Waals surface area contributed by atoms with Crippen LogP contribution in [0, 0.1) is 5.82 Å². The van der Waals surface area contributed by atoms with Gasteiger partial charge in [-0.05, 0) is 25.0 Å². The van der Waals surface area contributed by atoms with E-state index in [9.17, 15) is 9.18 Å². The number of piperidine rings is 1. The minimum atomic E-state index is -0.364. The highest BCUT2D eigenvalue weighted by atomic mass is 19.1. The number of halogens is 1. The maximum Gasteiger partial charge on any atom is 0.241 e. The zero-order valence-corrected chi connectivity index (χ0v) is 14.7. The fraction of sp³-hybridized carbons (Fsp3) is 0.333. The first-order valence-corrected chi connectivity index (χ1v) is 8.87. The number of aromatic amines is 1. The molecular weight excluding hydrogens is 349 g/mol. The van der Waals surface area contributed by atoms with Crippen LogP contribution in [0.15, 0.2) is 36.8 Å². The predicted molar refractivity (Wildman–Crippen MR) is 99.8 cm³/mol. The van der Waals surface area contributed by atoms with Crippen molar-refractivity contribution >= 4 is 28.4 Å². The van der Waals surface area contributed by atoms with Crippen molar-refractivity contribution in [3.8, 4) is 0 Å². The molecule has 1 fully saturated rings. The summed E-state index contributed by atoms with van der Waals surface area (Å²) in [5, 5.41) is 13.9. The highest BCUT2D eigenvalue weighted by molar-refractivity contribution is 5.85. The molecule has 1 atom stereocenters. The molecule has 3 heterocycles. The van der Waals surface area contributed by atoms with Gasteiger partial charge < -0.3 is 15.5 Å². The van der Waals surface area contributed by atoms with Crippen molar-refractivity contribution in [3.63, 3.8) is 0 Å². The molecule has 3 aromatic rings. The molecule has 140 valence electrons. The normalized spacial score (nSPS) is 17.1. The molecule has 1 saturated heterocycles. The summed E-state index contributed by atoms with van der Waals surface area (Å²) >= 11 is 0. The van der Waals surface area contributed by atoms with Crippen LogP contribution in [0.5, 0.6) is 0 Å². The van der Waals surface area contributed by atoms with E-state index in [0.29, 0.717) is 30.2 Å². The second kappa shape index (κ2) is 7.56. The zero-order valence-electron chi connectivity index (χ0n) is 14.7. The van der Waals surface area contributed by atoms with Gasteiger partial charge in [0.1, 0.15) is 18.0 Å². The summed E-state index contributed by atoms with van der Waals surface area (Å²) in [5.74, 6) is 0.287. The monoisotopic (exact) mass is 369 g/mol. The molecule has 0 bridgehead atoms. The second-order valence-electron chi connectivity index (χ2n) is 6.51. The zero-order chi connectivity index (χ0) is 18.6. The third-order valence-corrected chi connectivity index (χ3v) is 4.67. The van der Waals surface area contributed by atoms with Gasteiger partial charge in [-0.1, -0.05) is 12.1 Å². The van der Waals surface area contributed by atoms with Gasteiger partial charge in [0.25, 0.3) is 0 Å². The van der Waals surface area contributed by atoms with Gasteiger partial charge in [-0.15, -0.1) is 0 Å². The van der Waals surface area contributed by atoms with Gasteiger partial charge >= 0.3 is 0 Å². The number of benzene rings is 1. The van der Waals surface area contributed by atoms with E-state index in [1.165, 1.54) is 12.4 Å². The summed E-state index contributed by atoms with van der Waals surface area (Å²) in [6.45, 7) is 1.33. The molecular formula is C18H20FN7O. The van der Waals surface area contributed by atoms with E-state index >= 15 is 0 Å². The van der Waals surface area contributed by atoms with Crippen molar-refractivity contribution in [2.24, 2.45) is 0 Å². The Labute approximate surface area is 155 Å². The number of anilines is 2. The fourth-order valence-corrected chi connectivity index (χ4v) is 3.28. The minimum absolute atomic E-state index is 0.0547. The molecule has 4 rings (SSSR count). The number of carbonyl (C=O) groups excluding carboxylic acids is 1. The van der Waals surface area contributed by atoms with Crippen LogP contribution in [0.2, 0.25) is 0 Å². The number of H-pyrrole nitrogens is 1. The fourth-order valence-electron chi connectivity index (χ4n) is 3.28. The Bertz CT molecular complexity index is 944. The van der Waals surface area contributed by atoms with Crippen LogP contribution < -0.4 is 10.6 Å². The number of fused-ring (bicyclic) bond motifs is 1. The van der Waals surface area contributed by atoms with Crippen LogP contribution in [-0.4, -0.2) is 56.6 Å². The molecule has 2 aromatic heterocycles. The number of nitrogens with one attached hydrogen (secondary N) is 3. The highest BCUT2D eigenvalue weighted by Crippen LogP contribution is 2.20. The van der Waals surface area contributed by atoms with E-state index in [4.69, 9.17) is 0 Å². The lowest BCUT2D eigenvalue weighted by Gasteiger charge is -2.33. The first-order valence-electron chi connectivity index (χ1n) is 8.87. The molecule has 27 heavy (non-hydrogen) atoms. The van der Waals surface area contributed by atoms with Crippen molar-refractivity contribution < 1.29 is 9.18 Å². The van der Waals surface area contributed by atoms with Crippen molar-refractivity contribution in [2.45, 2.75) is 18.9 Å². The second-order valence-corrected chi connectivity index (χ2v) is 6.51. The standard InChI is InChI=1S/C18H20FN7O/c19-14-5-1-2-6-15(14)20-9-16(27)26-7-3-4-12(10-26)24-17-13-8-23-25-18(13)22-11-21-17/h1-2,5-6,8,11-12,20H,3-4,7,9-10H2,(H2,21,22,23,24,25)/t12-/m0/s1. The summed E-state index contributed by atoms with van der Waals surface area (Å²) in [6.07, 6.45) is 4.99. The predicted octanol–water partition coefficient (Wildman–Crippen LogP) is 2.01. The Morgan fingerprint density at radius 3 is 3.11 bits per heavy atom. The number of hydrogen-bond acceptors (Lipinski definition) is 6. The lowest BCUT2D eigenvalue weighted by Crippen LogP contribution is -2.47. The van der Waals surface area contributed by atoms with Gasteiger partial charge in [0.05, 0.1) is 23.8 Å². The molecule has 9 heteroatoms. The van der Waals surface area contributed by atoms with Gasteiger partial charge in [0.15, 0.2) is 5.65 Å². The first kappa shape index (κ1) is 17.2. The number of likely N-dealkylation sites (tertiary alicyclic amines) is 1. The van der Waals surface area contributed by atoms with E-state index in [1.807, 2.05) is 0 Å². The minimum Gasteiger partial charge on any atom is -0.374 e. The summed E-state index contributed by atoms with van der Waals surface area (Å²) in [6, 6.07) is 6.42. The Morgan fingerprint density at radius 2 is 2.22 bits per heavy atom. The van der Waals surface area contributed by atoms with Crippen LogP contribution in [0.4, 0.5) is 15.9 Å². The molecule has 0 spiro atoms. The number of hydrogen-bond donors (Lipinski definition) is 3. The highest BCUT2D eigenvalue weighted by Gasteiger charge is 2.24. The topological polar surface area (TPSA) is 98.8 Å². The van der Waals surface area contributed by atoms with Crippen molar-refractivity contribution in [2.75, 3.05) is 30.3 Å². The lowest BCUT2D eigenvalue weighted by molar-refractivity contribution is -0.130. The summed E-state index contributed by atoms with van der Waals surface area (Å²) < 4.78 is 13.7. The van der Waals surface area contributed by atoms with E-state index in [2.05, 4.69) is 30.8 Å². The number of aromatic nitrogens is 4. The van der Waals surface area contributed by atoms with Crippen LogP contribution >= 0.6 is 0 Å². The third-order valence-electron chi connectivity index (χ3n) is 4.67. The quantitative estimate of drug-likeness (QED) is 0.636. The van der Waals surface area contributed by atoms with Crippen molar-refractivity contribution in [1.29, 1.82) is 0 Å². The molecule has 3 N–H and O–H groups in total. The molecule has 0 saturated carbocycles. The van der Waals surface area contributed by atoms with Gasteiger partial charge in [-0.3, -0.25) is 9.89 Å². The number of amides is 1. The molecule has 0 radical (unpaired) electrons. The molecule has 0 unspecified atom stereocenters. The molecule has 0 aliphatic carbocycles. The number of nitrogens with zero attached hydrogens (tertiary/aromatic N) is 4. The maximum absolute atomic E-state index is 13.7. The van der Waals surface area contributed by atoms with Gasteiger partial charge in [0.2, 0.25) is 5.91 Å². The molecule has 1 aliphatic heterocycles. The van der Waals surface area contributed by atoms with Crippen LogP contribution in [-0.2, 0) is 4.79 Å². The summed E-state index contributed by atoms with van der Waals surface area (Å²) in [5.41, 5.74) is 1.01. The molecule has 1 aliphatic rings. The molecule has 1 amide bonds. The van der Waals surface area contributed by atoms with Crippen LogP contribution in [0.25, 0.3) is 11.0 Å². The Balaban J connectivity index is 1.37. The largest absolute Gasteiger partial charge is 0.374 e. The Hall–Kier alpha value is -3.23. The molecule has 1 aromatic carbocycles.